The van der Waals surface area contributed by atoms with Gasteiger partial charge in [0.05, 0.1) is 5.92 Å². The zero-order valence-electron chi connectivity index (χ0n) is 17.8. The minimum Gasteiger partial charge on any atom is -0.452 e. The van der Waals surface area contributed by atoms with Gasteiger partial charge in [0.2, 0.25) is 0 Å². The first-order chi connectivity index (χ1) is 14.8. The molecular weight excluding hydrogens is 399 g/mol. The number of esters is 1. The lowest BCUT2D eigenvalue weighted by Gasteiger charge is -2.31. The van der Waals surface area contributed by atoms with E-state index in [1.54, 1.807) is 11.8 Å². The minimum atomic E-state index is -0.892. The van der Waals surface area contributed by atoms with E-state index in [1.165, 1.54) is 24.3 Å². The molecule has 31 heavy (non-hydrogen) atoms. The molecule has 0 spiro atoms. The summed E-state index contributed by atoms with van der Waals surface area (Å²) in [5, 5.41) is 2.77. The molecule has 1 atom stereocenters. The zero-order valence-corrected chi connectivity index (χ0v) is 17.8. The van der Waals surface area contributed by atoms with E-state index in [0.717, 1.165) is 11.1 Å². The molecule has 0 radical (unpaired) electrons. The van der Waals surface area contributed by atoms with Crippen molar-refractivity contribution in [1.29, 1.82) is 0 Å². The molecule has 2 aromatic carbocycles. The van der Waals surface area contributed by atoms with Gasteiger partial charge >= 0.3 is 5.97 Å². The maximum Gasteiger partial charge on any atom is 0.309 e. The number of hydrogen-bond acceptors (Lipinski definition) is 4. The minimum absolute atomic E-state index is 0.185. The monoisotopic (exact) mass is 426 g/mol. The Morgan fingerprint density at radius 1 is 1.06 bits per heavy atom. The van der Waals surface area contributed by atoms with Gasteiger partial charge < -0.3 is 15.0 Å². The molecule has 1 aliphatic rings. The van der Waals surface area contributed by atoms with Crippen LogP contribution in [0.1, 0.15) is 41.3 Å². The number of piperidine rings is 1. The van der Waals surface area contributed by atoms with Crippen molar-refractivity contribution in [2.45, 2.75) is 39.3 Å². The fraction of sp³-hybridized carbons (Fsp3) is 0.375. The third-order valence-electron chi connectivity index (χ3n) is 5.46. The fourth-order valence-corrected chi connectivity index (χ4v) is 3.46. The molecule has 2 aromatic rings. The Morgan fingerprint density at radius 3 is 2.29 bits per heavy atom. The summed E-state index contributed by atoms with van der Waals surface area (Å²) in [5.41, 5.74) is 2.53. The number of aryl methyl sites for hydroxylation is 1. The summed E-state index contributed by atoms with van der Waals surface area (Å²) >= 11 is 0. The number of nitrogens with zero attached hydrogens (tertiary/aromatic N) is 1. The molecule has 0 saturated carbocycles. The Balaban J connectivity index is 1.43. The maximum absolute atomic E-state index is 13.0. The number of carbonyl (C=O) groups is 3. The van der Waals surface area contributed by atoms with Gasteiger partial charge in [0.15, 0.2) is 6.10 Å². The molecule has 0 bridgehead atoms. The van der Waals surface area contributed by atoms with Crippen molar-refractivity contribution in [3.05, 3.63) is 71.0 Å². The van der Waals surface area contributed by atoms with Crippen LogP contribution in [0, 0.1) is 18.7 Å². The normalized spacial score (nSPS) is 15.3. The standard InChI is InChI=1S/C24H27FN2O4/c1-16-3-5-18(6-4-16)15-26-22(28)17(2)31-24(30)20-11-13-27(14-12-20)23(29)19-7-9-21(25)10-8-19/h3-10,17,20H,11-15H2,1-2H3,(H,26,28)/t17-/m0/s1. The summed E-state index contributed by atoms with van der Waals surface area (Å²) in [7, 11) is 0. The van der Waals surface area contributed by atoms with Crippen molar-refractivity contribution < 1.29 is 23.5 Å². The van der Waals surface area contributed by atoms with Crippen molar-refractivity contribution in [3.63, 3.8) is 0 Å². The number of likely N-dealkylation sites (tertiary alicyclic amines) is 1. The van der Waals surface area contributed by atoms with E-state index in [2.05, 4.69) is 5.32 Å². The number of amides is 2. The summed E-state index contributed by atoms with van der Waals surface area (Å²) in [6, 6.07) is 13.2. The van der Waals surface area contributed by atoms with E-state index in [4.69, 9.17) is 4.74 Å². The van der Waals surface area contributed by atoms with Crippen molar-refractivity contribution in [1.82, 2.24) is 10.2 Å². The van der Waals surface area contributed by atoms with Crippen LogP contribution in [-0.4, -0.2) is 41.9 Å². The lowest BCUT2D eigenvalue weighted by molar-refractivity contribution is -0.160. The summed E-state index contributed by atoms with van der Waals surface area (Å²) in [4.78, 5) is 38.9. The second-order valence-corrected chi connectivity index (χ2v) is 7.86. The van der Waals surface area contributed by atoms with Gasteiger partial charge in [-0.2, -0.15) is 0 Å². The van der Waals surface area contributed by atoms with E-state index in [-0.39, 0.29) is 17.7 Å². The Labute approximate surface area is 181 Å². The molecule has 1 heterocycles. The van der Waals surface area contributed by atoms with Gasteiger partial charge in [-0.3, -0.25) is 14.4 Å². The predicted octanol–water partition coefficient (Wildman–Crippen LogP) is 3.23. The third kappa shape index (κ3) is 6.13. The molecule has 6 nitrogen and oxygen atoms in total. The average molecular weight is 426 g/mol. The number of ether oxygens (including phenoxy) is 1. The van der Waals surface area contributed by atoms with Gasteiger partial charge in [-0.05, 0) is 56.5 Å². The highest BCUT2D eigenvalue weighted by molar-refractivity contribution is 5.94. The van der Waals surface area contributed by atoms with Crippen LogP contribution in [0.2, 0.25) is 0 Å². The van der Waals surface area contributed by atoms with Gasteiger partial charge in [-0.25, -0.2) is 4.39 Å². The molecule has 3 rings (SSSR count). The third-order valence-corrected chi connectivity index (χ3v) is 5.46. The quantitative estimate of drug-likeness (QED) is 0.720. The smallest absolute Gasteiger partial charge is 0.309 e. The first kappa shape index (κ1) is 22.5. The van der Waals surface area contributed by atoms with Crippen LogP contribution in [0.15, 0.2) is 48.5 Å². The maximum atomic E-state index is 13.0. The predicted molar refractivity (Wildman–Crippen MR) is 114 cm³/mol. The molecule has 0 unspecified atom stereocenters. The summed E-state index contributed by atoms with van der Waals surface area (Å²) in [5.74, 6) is -1.71. The van der Waals surface area contributed by atoms with Gasteiger partial charge in [-0.15, -0.1) is 0 Å². The number of hydrogen-bond donors (Lipinski definition) is 1. The SMILES string of the molecule is Cc1ccc(CNC(=O)[C@H](C)OC(=O)C2CCN(C(=O)c3ccc(F)cc3)CC2)cc1. The van der Waals surface area contributed by atoms with Crippen LogP contribution in [-0.2, 0) is 20.9 Å². The number of rotatable bonds is 6. The van der Waals surface area contributed by atoms with Crippen molar-refractivity contribution in [2.75, 3.05) is 13.1 Å². The summed E-state index contributed by atoms with van der Waals surface area (Å²) in [6.45, 7) is 4.72. The topological polar surface area (TPSA) is 75.7 Å². The lowest BCUT2D eigenvalue weighted by Crippen LogP contribution is -2.42. The highest BCUT2D eigenvalue weighted by atomic mass is 19.1. The van der Waals surface area contributed by atoms with Crippen LogP contribution in [0.4, 0.5) is 4.39 Å². The Kier molecular flexibility index (Phi) is 7.39. The molecular formula is C24H27FN2O4. The van der Waals surface area contributed by atoms with Crippen LogP contribution < -0.4 is 5.32 Å². The number of nitrogens with one attached hydrogen (secondary N) is 1. The average Bonchev–Trinajstić information content (AvgIpc) is 2.78. The molecule has 1 saturated heterocycles. The molecule has 7 heteroatoms. The summed E-state index contributed by atoms with van der Waals surface area (Å²) in [6.07, 6.45) is 0.0317. The van der Waals surface area contributed by atoms with Gasteiger partial charge in [0, 0.05) is 25.2 Å². The van der Waals surface area contributed by atoms with E-state index in [9.17, 15) is 18.8 Å². The number of halogens is 1. The van der Waals surface area contributed by atoms with Crippen molar-refractivity contribution >= 4 is 17.8 Å². The Hall–Kier alpha value is -3.22. The molecule has 1 aliphatic heterocycles. The largest absolute Gasteiger partial charge is 0.452 e. The highest BCUT2D eigenvalue weighted by Gasteiger charge is 2.30. The van der Waals surface area contributed by atoms with Gasteiger partial charge in [0.1, 0.15) is 5.82 Å². The molecule has 0 aliphatic carbocycles. The van der Waals surface area contributed by atoms with Crippen LogP contribution >= 0.6 is 0 Å². The van der Waals surface area contributed by atoms with Crippen molar-refractivity contribution in [3.8, 4) is 0 Å². The first-order valence-electron chi connectivity index (χ1n) is 10.4. The molecule has 164 valence electrons. The lowest BCUT2D eigenvalue weighted by atomic mass is 9.96. The molecule has 1 fully saturated rings. The second-order valence-electron chi connectivity index (χ2n) is 7.86. The Morgan fingerprint density at radius 2 is 1.68 bits per heavy atom. The second kappa shape index (κ2) is 10.2. The number of carbonyl (C=O) groups excluding carboxylic acids is 3. The van der Waals surface area contributed by atoms with E-state index >= 15 is 0 Å². The van der Waals surface area contributed by atoms with Crippen molar-refractivity contribution in [2.24, 2.45) is 5.92 Å². The number of benzene rings is 2. The van der Waals surface area contributed by atoms with Crippen LogP contribution in [0.25, 0.3) is 0 Å². The van der Waals surface area contributed by atoms with E-state index < -0.39 is 17.9 Å². The van der Waals surface area contributed by atoms with Gasteiger partial charge in [-0.1, -0.05) is 29.8 Å². The summed E-state index contributed by atoms with van der Waals surface area (Å²) < 4.78 is 18.4. The van der Waals surface area contributed by atoms with Crippen LogP contribution in [0.3, 0.4) is 0 Å². The first-order valence-corrected chi connectivity index (χ1v) is 10.4. The van der Waals surface area contributed by atoms with E-state index in [0.29, 0.717) is 38.0 Å². The highest BCUT2D eigenvalue weighted by Crippen LogP contribution is 2.21. The van der Waals surface area contributed by atoms with Crippen LogP contribution in [0.5, 0.6) is 0 Å². The Bertz CT molecular complexity index is 920. The molecule has 2 amide bonds. The van der Waals surface area contributed by atoms with Gasteiger partial charge in [0.25, 0.3) is 11.8 Å². The fourth-order valence-electron chi connectivity index (χ4n) is 3.46. The van der Waals surface area contributed by atoms with E-state index in [1.807, 2.05) is 31.2 Å². The molecule has 0 aromatic heterocycles. The zero-order chi connectivity index (χ0) is 22.4. The molecule has 1 N–H and O–H groups in total.